The van der Waals surface area contributed by atoms with Crippen LogP contribution in [-0.2, 0) is 14.2 Å². The maximum absolute atomic E-state index is 12.7. The number of halogens is 2. The molecule has 0 radical (unpaired) electrons. The molecule has 12 atom stereocenters. The van der Waals surface area contributed by atoms with Crippen molar-refractivity contribution in [1.82, 2.24) is 0 Å². The van der Waals surface area contributed by atoms with Crippen LogP contribution in [0.15, 0.2) is 91.5 Å². The fraction of sp³-hybridized carbons (Fsp3) is 0.488. The van der Waals surface area contributed by atoms with E-state index in [2.05, 4.69) is 18.1 Å². The summed E-state index contributed by atoms with van der Waals surface area (Å²) in [5.41, 5.74) is 4.94. The Morgan fingerprint density at radius 3 is 1.86 bits per heavy atom. The molecule has 3 aromatic rings. The Morgan fingerprint density at radius 1 is 0.780 bits per heavy atom. The third-order valence-electron chi connectivity index (χ3n) is 10.2. The third kappa shape index (κ3) is 13.0. The molecule has 326 valence electrons. The lowest BCUT2D eigenvalue weighted by Crippen LogP contribution is -2.64. The van der Waals surface area contributed by atoms with E-state index in [0.717, 1.165) is 47.4 Å². The zero-order chi connectivity index (χ0) is 43.4. The topological polar surface area (TPSA) is 202 Å². The van der Waals surface area contributed by atoms with E-state index in [1.807, 2.05) is 45.0 Å². The van der Waals surface area contributed by atoms with E-state index < -0.39 is 80.5 Å². The number of benzene rings is 3. The highest BCUT2D eigenvalue weighted by molar-refractivity contribution is 7.95. The van der Waals surface area contributed by atoms with Crippen LogP contribution in [0.25, 0.3) is 5.57 Å². The van der Waals surface area contributed by atoms with Crippen molar-refractivity contribution in [2.75, 3.05) is 30.4 Å². The summed E-state index contributed by atoms with van der Waals surface area (Å²) >= 11 is 0.992. The molecule has 8 N–H and O–H groups in total. The molecule has 12 unspecified atom stereocenters. The van der Waals surface area contributed by atoms with E-state index in [1.54, 1.807) is 24.3 Å². The van der Waals surface area contributed by atoms with Gasteiger partial charge in [0.15, 0.2) is 6.29 Å². The van der Waals surface area contributed by atoms with Crippen LogP contribution >= 0.6 is 12.0 Å². The molecule has 0 saturated carbocycles. The minimum Gasteiger partial charge on any atom is -0.426 e. The van der Waals surface area contributed by atoms with Gasteiger partial charge >= 0.3 is 0 Å². The predicted molar refractivity (Wildman–Crippen MR) is 219 cm³/mol. The van der Waals surface area contributed by atoms with Crippen molar-refractivity contribution in [1.29, 1.82) is 0 Å². The second kappa shape index (κ2) is 22.9. The number of rotatable bonds is 13. The van der Waals surface area contributed by atoms with Crippen molar-refractivity contribution in [2.24, 2.45) is 0 Å². The fourth-order valence-electron chi connectivity index (χ4n) is 6.53. The Labute approximate surface area is 348 Å². The molecule has 3 fully saturated rings. The first-order valence-electron chi connectivity index (χ1n) is 19.3. The number of hydrogen-bond donors (Lipinski definition) is 8. The van der Waals surface area contributed by atoms with Gasteiger partial charge in [0.1, 0.15) is 66.2 Å². The highest BCUT2D eigenvalue weighted by Gasteiger charge is 2.50. The Hall–Kier alpha value is -3.49. The standard InChI is InChI=1S/C22H32O11S.C12H14FN.C9H11FO/c1-10(2)11-3-5-12(6-4-11)33-34-9-15-17(26)19(28)21(14(8-24)30-15)32-22-20(29)18(27)16(25)13(7-23)31-22;1-9(2)12-7-8-14(12)11-5-3-10(13)4-6-11;1-2-9(11)7-3-5-8(10)6-4-7/h3-6,13-29H,1,7-9H2,2H3;3-6,12H,1,7-8H2,2H3;3-6,9,11H,2H2,1H3. The van der Waals surface area contributed by atoms with E-state index in [1.165, 1.54) is 29.8 Å². The zero-order valence-corrected chi connectivity index (χ0v) is 34.2. The van der Waals surface area contributed by atoms with Gasteiger partial charge in [-0.25, -0.2) is 8.78 Å². The van der Waals surface area contributed by atoms with Crippen molar-refractivity contribution in [3.8, 4) is 5.75 Å². The van der Waals surface area contributed by atoms with Crippen molar-refractivity contribution >= 4 is 23.3 Å². The highest BCUT2D eigenvalue weighted by atomic mass is 32.2. The number of nitrogens with zero attached hydrogens (tertiary/aromatic N) is 1. The van der Waals surface area contributed by atoms with E-state index in [0.29, 0.717) is 18.2 Å². The minimum absolute atomic E-state index is 0.115. The first-order valence-corrected chi connectivity index (χ1v) is 20.3. The number of aliphatic hydroxyl groups is 8. The van der Waals surface area contributed by atoms with Crippen LogP contribution in [0.4, 0.5) is 14.5 Å². The molecule has 0 spiro atoms. The maximum Gasteiger partial charge on any atom is 0.187 e. The Kier molecular flexibility index (Phi) is 18.7. The van der Waals surface area contributed by atoms with Crippen LogP contribution in [0.3, 0.4) is 0 Å². The van der Waals surface area contributed by atoms with Crippen LogP contribution in [0.1, 0.15) is 50.8 Å². The molecule has 13 nitrogen and oxygen atoms in total. The quantitative estimate of drug-likeness (QED) is 0.0915. The first kappa shape index (κ1) is 48.2. The molecule has 3 aliphatic heterocycles. The van der Waals surface area contributed by atoms with Gasteiger partial charge < -0.3 is 64.1 Å². The van der Waals surface area contributed by atoms with Crippen LogP contribution in [0.5, 0.6) is 5.75 Å². The average Bonchev–Trinajstić information content (AvgIpc) is 3.21. The molecule has 0 aromatic heterocycles. The summed E-state index contributed by atoms with van der Waals surface area (Å²) in [6.07, 6.45) is -12.7. The van der Waals surface area contributed by atoms with Crippen LogP contribution < -0.4 is 9.08 Å². The van der Waals surface area contributed by atoms with Gasteiger partial charge in [-0.1, -0.05) is 55.5 Å². The zero-order valence-electron chi connectivity index (χ0n) is 33.3. The Morgan fingerprint density at radius 2 is 1.36 bits per heavy atom. The molecule has 3 saturated heterocycles. The number of anilines is 1. The van der Waals surface area contributed by atoms with Gasteiger partial charge in [-0.3, -0.25) is 0 Å². The average molecular weight is 850 g/mol. The van der Waals surface area contributed by atoms with Gasteiger partial charge in [0.25, 0.3) is 0 Å². The monoisotopic (exact) mass is 849 g/mol. The first-order chi connectivity index (χ1) is 28.1. The van der Waals surface area contributed by atoms with Gasteiger partial charge in [0.2, 0.25) is 0 Å². The predicted octanol–water partition coefficient (Wildman–Crippen LogP) is 3.66. The molecule has 3 aliphatic rings. The van der Waals surface area contributed by atoms with E-state index in [9.17, 15) is 49.6 Å². The largest absolute Gasteiger partial charge is 0.426 e. The minimum atomic E-state index is -1.71. The second-order valence-electron chi connectivity index (χ2n) is 14.6. The Balaban J connectivity index is 0.000000248. The van der Waals surface area contributed by atoms with Crippen LogP contribution in [0, 0.1) is 11.6 Å². The summed E-state index contributed by atoms with van der Waals surface area (Å²) < 4.78 is 47.2. The highest BCUT2D eigenvalue weighted by Crippen LogP contribution is 2.32. The summed E-state index contributed by atoms with van der Waals surface area (Å²) in [5.74, 6) is 0.241. The van der Waals surface area contributed by atoms with E-state index in [-0.39, 0.29) is 17.4 Å². The summed E-state index contributed by atoms with van der Waals surface area (Å²) in [6.45, 7) is 13.4. The summed E-state index contributed by atoms with van der Waals surface area (Å²) in [5, 5.41) is 79.6. The number of ether oxygens (including phenoxy) is 3. The molecular formula is C43H57F2NO12S. The normalized spacial score (nSPS) is 29.4. The van der Waals surface area contributed by atoms with Gasteiger partial charge in [0.05, 0.1) is 49.3 Å². The molecule has 0 amide bonds. The van der Waals surface area contributed by atoms with Crippen molar-refractivity contribution in [3.05, 3.63) is 114 Å². The number of hydrogen-bond acceptors (Lipinski definition) is 14. The van der Waals surface area contributed by atoms with Crippen molar-refractivity contribution in [3.63, 3.8) is 0 Å². The lowest BCUT2D eigenvalue weighted by molar-refractivity contribution is -0.341. The van der Waals surface area contributed by atoms with Gasteiger partial charge in [-0.05, 0) is 86.3 Å². The lowest BCUT2D eigenvalue weighted by atomic mass is 9.95. The van der Waals surface area contributed by atoms with Crippen molar-refractivity contribution < 1.29 is 68.0 Å². The smallest absolute Gasteiger partial charge is 0.187 e. The fourth-order valence-corrected chi connectivity index (χ4v) is 7.26. The van der Waals surface area contributed by atoms with E-state index in [4.69, 9.17) is 18.4 Å². The molecule has 3 aromatic carbocycles. The van der Waals surface area contributed by atoms with Crippen molar-refractivity contribution in [2.45, 2.75) is 107 Å². The molecule has 0 bridgehead atoms. The van der Waals surface area contributed by atoms with Crippen LogP contribution in [-0.4, -0.2) is 134 Å². The van der Waals surface area contributed by atoms with Crippen LogP contribution in [0.2, 0.25) is 0 Å². The van der Waals surface area contributed by atoms with E-state index >= 15 is 0 Å². The summed E-state index contributed by atoms with van der Waals surface area (Å²) in [6, 6.07) is 20.3. The molecule has 3 heterocycles. The van der Waals surface area contributed by atoms with Gasteiger partial charge in [-0.15, -0.1) is 0 Å². The molecule has 6 rings (SSSR count). The SMILES string of the molecule is C=C(C)C1CCN1c1ccc(F)cc1.C=C(C)c1ccc(OSCC2OC(CO)C(OC3OC(CO)C(O)C(O)C3O)C(O)C2O)cc1.CCC(O)c1ccc(F)cc1. The van der Waals surface area contributed by atoms with Gasteiger partial charge in [0, 0.05) is 12.2 Å². The van der Waals surface area contributed by atoms with Gasteiger partial charge in [-0.2, -0.15) is 0 Å². The lowest BCUT2D eigenvalue weighted by Gasteiger charge is -2.46. The molecule has 16 heteroatoms. The third-order valence-corrected chi connectivity index (χ3v) is 11.0. The molecule has 59 heavy (non-hydrogen) atoms. The maximum atomic E-state index is 12.7. The summed E-state index contributed by atoms with van der Waals surface area (Å²) in [4.78, 5) is 2.25. The number of aliphatic hydroxyl groups excluding tert-OH is 8. The number of allylic oxidation sites excluding steroid dienone is 1. The molecular weight excluding hydrogens is 793 g/mol. The summed E-state index contributed by atoms with van der Waals surface area (Å²) in [7, 11) is 0. The Bertz CT molecular complexity index is 1740. The second-order valence-corrected chi connectivity index (χ2v) is 15.4. The molecule has 0 aliphatic carbocycles.